The van der Waals surface area contributed by atoms with Gasteiger partial charge in [-0.1, -0.05) is 55.0 Å². The summed E-state index contributed by atoms with van der Waals surface area (Å²) in [5.74, 6) is 0.316. The fourth-order valence-electron chi connectivity index (χ4n) is 3.97. The van der Waals surface area contributed by atoms with Crippen molar-refractivity contribution in [2.75, 3.05) is 26.2 Å². The molecule has 4 nitrogen and oxygen atoms in total. The average Bonchev–Trinajstić information content (AvgIpc) is 2.62. The predicted octanol–water partition coefficient (Wildman–Crippen LogP) is 4.85. The number of hydrogen-bond donors (Lipinski definition) is 0. The van der Waals surface area contributed by atoms with E-state index in [0.717, 1.165) is 18.1 Å². The minimum Gasteiger partial charge on any atom is -0.444 e. The number of benzene rings is 1. The number of carbonyl (C=O) groups excluding carboxylic acids is 1. The van der Waals surface area contributed by atoms with Gasteiger partial charge >= 0.3 is 6.09 Å². The summed E-state index contributed by atoms with van der Waals surface area (Å²) in [7, 11) is 0. The maximum Gasteiger partial charge on any atom is 0.410 e. The highest BCUT2D eigenvalue weighted by Gasteiger charge is 2.43. The molecule has 0 saturated carbocycles. The smallest absolute Gasteiger partial charge is 0.410 e. The number of halogens is 1. The lowest BCUT2D eigenvalue weighted by molar-refractivity contribution is -0.00256. The molecule has 1 heterocycles. The van der Waals surface area contributed by atoms with Crippen molar-refractivity contribution in [2.45, 2.75) is 38.8 Å². The molecule has 2 aliphatic rings. The lowest BCUT2D eigenvalue weighted by Crippen LogP contribution is -2.58. The Bertz CT molecular complexity index is 728. The maximum atomic E-state index is 12.4. The molecule has 1 aromatic carbocycles. The molecular formula is C22H29ClN2O2. The van der Waals surface area contributed by atoms with Crippen LogP contribution in [0.2, 0.25) is 5.02 Å². The molecule has 0 spiro atoms. The van der Waals surface area contributed by atoms with E-state index in [-0.39, 0.29) is 11.6 Å². The Labute approximate surface area is 167 Å². The van der Waals surface area contributed by atoms with Gasteiger partial charge in [0.2, 0.25) is 0 Å². The highest BCUT2D eigenvalue weighted by molar-refractivity contribution is 6.30. The minimum absolute atomic E-state index is 0.223. The summed E-state index contributed by atoms with van der Waals surface area (Å²) in [6.45, 7) is 10.9. The van der Waals surface area contributed by atoms with Gasteiger partial charge < -0.3 is 9.64 Å². The molecule has 146 valence electrons. The third kappa shape index (κ3) is 4.22. The Morgan fingerprint density at radius 3 is 2.30 bits per heavy atom. The number of nitrogens with zero attached hydrogens (tertiary/aromatic N) is 2. The molecule has 3 rings (SSSR count). The van der Waals surface area contributed by atoms with E-state index in [0.29, 0.717) is 19.0 Å². The largest absolute Gasteiger partial charge is 0.444 e. The molecular weight excluding hydrogens is 360 g/mol. The third-order valence-corrected chi connectivity index (χ3v) is 5.57. The van der Waals surface area contributed by atoms with Crippen LogP contribution < -0.4 is 0 Å². The van der Waals surface area contributed by atoms with Crippen LogP contribution in [0.25, 0.3) is 0 Å². The van der Waals surface area contributed by atoms with Crippen molar-refractivity contribution in [3.8, 4) is 0 Å². The highest BCUT2D eigenvalue weighted by Crippen LogP contribution is 2.41. The van der Waals surface area contributed by atoms with Crippen molar-refractivity contribution in [1.82, 2.24) is 9.80 Å². The highest BCUT2D eigenvalue weighted by atomic mass is 35.5. The van der Waals surface area contributed by atoms with E-state index >= 15 is 0 Å². The Balaban J connectivity index is 1.80. The van der Waals surface area contributed by atoms with E-state index in [1.165, 1.54) is 5.56 Å². The number of hydrogen-bond acceptors (Lipinski definition) is 3. The van der Waals surface area contributed by atoms with Crippen molar-refractivity contribution in [3.05, 3.63) is 59.2 Å². The molecule has 5 heteroatoms. The van der Waals surface area contributed by atoms with Gasteiger partial charge in [-0.25, -0.2) is 4.79 Å². The molecule has 0 aromatic heterocycles. The molecule has 27 heavy (non-hydrogen) atoms. The monoisotopic (exact) mass is 388 g/mol. The number of ether oxygens (including phenoxy) is 1. The SMILES string of the molecule is CC1C=CC=C[C@@]1(c1ccc(Cl)cc1)N1CCN(C(=O)OC(C)(C)C)CC1. The second kappa shape index (κ2) is 7.69. The van der Waals surface area contributed by atoms with E-state index in [2.05, 4.69) is 48.3 Å². The summed E-state index contributed by atoms with van der Waals surface area (Å²) in [6, 6.07) is 8.13. The van der Waals surface area contributed by atoms with Gasteiger partial charge in [0, 0.05) is 37.1 Å². The van der Waals surface area contributed by atoms with E-state index in [1.54, 1.807) is 0 Å². The lowest BCUT2D eigenvalue weighted by Gasteiger charge is -2.50. The number of rotatable bonds is 2. The summed E-state index contributed by atoms with van der Waals surface area (Å²) < 4.78 is 5.53. The van der Waals surface area contributed by atoms with Gasteiger partial charge in [0.05, 0.1) is 5.54 Å². The van der Waals surface area contributed by atoms with Crippen molar-refractivity contribution in [2.24, 2.45) is 5.92 Å². The van der Waals surface area contributed by atoms with Crippen molar-refractivity contribution < 1.29 is 9.53 Å². The lowest BCUT2D eigenvalue weighted by atomic mass is 9.74. The van der Waals surface area contributed by atoms with E-state index in [1.807, 2.05) is 37.8 Å². The van der Waals surface area contributed by atoms with Crippen LogP contribution in [0.5, 0.6) is 0 Å². The standard InChI is InChI=1S/C22H29ClN2O2/c1-17-7-5-6-12-22(17,18-8-10-19(23)11-9-18)25-15-13-24(14-16-25)20(26)27-21(2,3)4/h5-12,17H,13-16H2,1-4H3/t17?,22-/m1/s1. The van der Waals surface area contributed by atoms with Gasteiger partial charge in [-0.05, 0) is 38.5 Å². The molecule has 0 bridgehead atoms. The zero-order valence-electron chi connectivity index (χ0n) is 16.6. The van der Waals surface area contributed by atoms with Gasteiger partial charge in [0.1, 0.15) is 5.60 Å². The van der Waals surface area contributed by atoms with Crippen molar-refractivity contribution in [3.63, 3.8) is 0 Å². The molecule has 0 radical (unpaired) electrons. The zero-order chi connectivity index (χ0) is 19.7. The van der Waals surface area contributed by atoms with E-state index < -0.39 is 5.60 Å². The van der Waals surface area contributed by atoms with Crippen LogP contribution >= 0.6 is 11.6 Å². The zero-order valence-corrected chi connectivity index (χ0v) is 17.4. The second-order valence-corrected chi connectivity index (χ2v) is 8.76. The van der Waals surface area contributed by atoms with Gasteiger partial charge in [-0.3, -0.25) is 4.90 Å². The molecule has 1 saturated heterocycles. The topological polar surface area (TPSA) is 32.8 Å². The number of carbonyl (C=O) groups is 1. The first-order valence-electron chi connectivity index (χ1n) is 9.57. The molecule has 1 aromatic rings. The Hall–Kier alpha value is -1.78. The van der Waals surface area contributed by atoms with Crippen LogP contribution in [-0.2, 0) is 10.3 Å². The minimum atomic E-state index is -0.468. The third-order valence-electron chi connectivity index (χ3n) is 5.32. The molecule has 1 unspecified atom stereocenters. The summed E-state index contributed by atoms with van der Waals surface area (Å²) in [5.41, 5.74) is 0.537. The van der Waals surface area contributed by atoms with E-state index in [9.17, 15) is 4.79 Å². The summed E-state index contributed by atoms with van der Waals surface area (Å²) >= 11 is 6.12. The molecule has 1 fully saturated rings. The summed E-state index contributed by atoms with van der Waals surface area (Å²) in [5, 5.41) is 0.742. The molecule has 1 amide bonds. The van der Waals surface area contributed by atoms with Crippen LogP contribution in [0.4, 0.5) is 4.79 Å². The van der Waals surface area contributed by atoms with Crippen LogP contribution in [0, 0.1) is 5.92 Å². The van der Waals surface area contributed by atoms with Crippen LogP contribution in [0.1, 0.15) is 33.3 Å². The first-order chi connectivity index (χ1) is 12.7. The van der Waals surface area contributed by atoms with Crippen LogP contribution in [0.3, 0.4) is 0 Å². The molecule has 0 N–H and O–H groups in total. The van der Waals surface area contributed by atoms with Gasteiger partial charge in [0.15, 0.2) is 0 Å². The van der Waals surface area contributed by atoms with Gasteiger partial charge in [-0.2, -0.15) is 0 Å². The summed E-state index contributed by atoms with van der Waals surface area (Å²) in [4.78, 5) is 16.7. The van der Waals surface area contributed by atoms with Crippen molar-refractivity contribution >= 4 is 17.7 Å². The van der Waals surface area contributed by atoms with Gasteiger partial charge in [-0.15, -0.1) is 0 Å². The quantitative estimate of drug-likeness (QED) is 0.726. The Morgan fingerprint density at radius 2 is 1.74 bits per heavy atom. The Morgan fingerprint density at radius 1 is 1.11 bits per heavy atom. The first kappa shape index (κ1) is 20.0. The van der Waals surface area contributed by atoms with Crippen LogP contribution in [0.15, 0.2) is 48.6 Å². The van der Waals surface area contributed by atoms with Crippen LogP contribution in [-0.4, -0.2) is 47.7 Å². The normalized spacial score (nSPS) is 26.3. The fourth-order valence-corrected chi connectivity index (χ4v) is 4.10. The maximum absolute atomic E-state index is 12.4. The van der Waals surface area contributed by atoms with Gasteiger partial charge in [0.25, 0.3) is 0 Å². The molecule has 1 aliphatic carbocycles. The Kier molecular flexibility index (Phi) is 5.68. The average molecular weight is 389 g/mol. The summed E-state index contributed by atoms with van der Waals surface area (Å²) in [6.07, 6.45) is 8.53. The van der Waals surface area contributed by atoms with E-state index in [4.69, 9.17) is 16.3 Å². The number of allylic oxidation sites excluding steroid dienone is 2. The molecule has 1 aliphatic heterocycles. The second-order valence-electron chi connectivity index (χ2n) is 8.32. The number of amides is 1. The fraction of sp³-hybridized carbons (Fsp3) is 0.500. The molecule has 2 atom stereocenters. The van der Waals surface area contributed by atoms with Crippen molar-refractivity contribution in [1.29, 1.82) is 0 Å². The first-order valence-corrected chi connectivity index (χ1v) is 9.95. The number of piperazine rings is 1. The predicted molar refractivity (Wildman–Crippen MR) is 110 cm³/mol.